The molecule has 0 bridgehead atoms. The summed E-state index contributed by atoms with van der Waals surface area (Å²) < 4.78 is 1.06. The number of halogens is 1. The zero-order chi connectivity index (χ0) is 9.97. The van der Waals surface area contributed by atoms with E-state index in [-0.39, 0.29) is 0 Å². The topological polar surface area (TPSA) is 50.9 Å². The monoisotopic (exact) mass is 269 g/mol. The van der Waals surface area contributed by atoms with Crippen LogP contribution in [0.15, 0.2) is 34.1 Å². The molecule has 2 aromatic rings. The maximum atomic E-state index is 5.26. The summed E-state index contributed by atoms with van der Waals surface area (Å²) in [6, 6.07) is 8.01. The number of hydrogen-bond acceptors (Lipinski definition) is 4. The Kier molecular flexibility index (Phi) is 2.81. The van der Waals surface area contributed by atoms with Crippen molar-refractivity contribution in [1.82, 2.24) is 4.98 Å². The average molecular weight is 270 g/mol. The van der Waals surface area contributed by atoms with Crippen LogP contribution in [0.25, 0.3) is 11.3 Å². The van der Waals surface area contributed by atoms with Gasteiger partial charge in [-0.3, -0.25) is 5.43 Å². The zero-order valence-electron chi connectivity index (χ0n) is 7.20. The molecule has 3 N–H and O–H groups in total. The molecular weight excluding hydrogens is 262 g/mol. The number of nitrogens with two attached hydrogens (primary N) is 1. The van der Waals surface area contributed by atoms with E-state index in [1.807, 2.05) is 29.6 Å². The van der Waals surface area contributed by atoms with Crippen molar-refractivity contribution in [3.8, 4) is 11.3 Å². The lowest BCUT2D eigenvalue weighted by Gasteiger charge is -1.96. The number of thiazole rings is 1. The fourth-order valence-electron chi connectivity index (χ4n) is 1.09. The van der Waals surface area contributed by atoms with Gasteiger partial charge in [0, 0.05) is 15.4 Å². The average Bonchev–Trinajstić information content (AvgIpc) is 2.67. The smallest absolute Gasteiger partial charge is 0.197 e. The minimum atomic E-state index is 0.725. The van der Waals surface area contributed by atoms with E-state index in [0.29, 0.717) is 0 Å². The summed E-state index contributed by atoms with van der Waals surface area (Å²) in [6.07, 6.45) is 0. The van der Waals surface area contributed by atoms with Crippen LogP contribution in [0.5, 0.6) is 0 Å². The molecule has 0 atom stereocenters. The highest BCUT2D eigenvalue weighted by atomic mass is 79.9. The van der Waals surface area contributed by atoms with Gasteiger partial charge in [0.2, 0.25) is 0 Å². The van der Waals surface area contributed by atoms with Crippen molar-refractivity contribution in [3.05, 3.63) is 34.1 Å². The molecule has 0 aliphatic heterocycles. The maximum absolute atomic E-state index is 5.26. The Balaban J connectivity index is 2.34. The first-order valence-electron chi connectivity index (χ1n) is 3.97. The molecule has 72 valence electrons. The summed E-state index contributed by atoms with van der Waals surface area (Å²) in [4.78, 5) is 4.30. The van der Waals surface area contributed by atoms with Crippen molar-refractivity contribution in [2.24, 2.45) is 5.84 Å². The van der Waals surface area contributed by atoms with Gasteiger partial charge in [0.05, 0.1) is 5.69 Å². The summed E-state index contributed by atoms with van der Waals surface area (Å²) in [5.74, 6) is 5.26. The first kappa shape index (κ1) is 9.64. The summed E-state index contributed by atoms with van der Waals surface area (Å²) in [7, 11) is 0. The van der Waals surface area contributed by atoms with E-state index in [2.05, 4.69) is 26.3 Å². The number of anilines is 1. The SMILES string of the molecule is NNc1nc(-c2ccc(Br)cc2)cs1. The second-order valence-electron chi connectivity index (χ2n) is 2.69. The van der Waals surface area contributed by atoms with E-state index in [0.717, 1.165) is 20.9 Å². The number of rotatable bonds is 2. The van der Waals surface area contributed by atoms with Gasteiger partial charge >= 0.3 is 0 Å². The van der Waals surface area contributed by atoms with E-state index in [9.17, 15) is 0 Å². The number of nitrogen functional groups attached to an aromatic ring is 1. The third kappa shape index (κ3) is 1.95. The van der Waals surface area contributed by atoms with Crippen LogP contribution >= 0.6 is 27.3 Å². The molecule has 0 unspecified atom stereocenters. The molecule has 0 aliphatic carbocycles. The normalized spacial score (nSPS) is 10.1. The Morgan fingerprint density at radius 2 is 2.00 bits per heavy atom. The number of nitrogens with one attached hydrogen (secondary N) is 1. The van der Waals surface area contributed by atoms with E-state index in [1.165, 1.54) is 11.3 Å². The van der Waals surface area contributed by atoms with Crippen molar-refractivity contribution in [2.45, 2.75) is 0 Å². The molecule has 0 saturated heterocycles. The van der Waals surface area contributed by atoms with Gasteiger partial charge in [-0.05, 0) is 12.1 Å². The summed E-state index contributed by atoms with van der Waals surface area (Å²) in [6.45, 7) is 0. The van der Waals surface area contributed by atoms with Crippen LogP contribution in [0.1, 0.15) is 0 Å². The van der Waals surface area contributed by atoms with E-state index in [4.69, 9.17) is 5.84 Å². The van der Waals surface area contributed by atoms with Gasteiger partial charge in [-0.25, -0.2) is 10.8 Å². The van der Waals surface area contributed by atoms with Gasteiger partial charge in [-0.15, -0.1) is 11.3 Å². The number of nitrogens with zero attached hydrogens (tertiary/aromatic N) is 1. The van der Waals surface area contributed by atoms with Crippen LogP contribution < -0.4 is 11.3 Å². The van der Waals surface area contributed by atoms with Crippen molar-refractivity contribution in [3.63, 3.8) is 0 Å². The molecule has 0 saturated carbocycles. The fraction of sp³-hybridized carbons (Fsp3) is 0. The Bertz CT molecular complexity index is 424. The van der Waals surface area contributed by atoms with Gasteiger partial charge in [0.1, 0.15) is 0 Å². The predicted octanol–water partition coefficient (Wildman–Crippen LogP) is 2.86. The molecule has 2 rings (SSSR count). The molecule has 0 radical (unpaired) electrons. The third-order valence-corrected chi connectivity index (χ3v) is 3.07. The molecule has 0 aliphatic rings. The Labute approximate surface area is 94.1 Å². The maximum Gasteiger partial charge on any atom is 0.197 e. The molecular formula is C9H8BrN3S. The van der Waals surface area contributed by atoms with Crippen molar-refractivity contribution < 1.29 is 0 Å². The van der Waals surface area contributed by atoms with E-state index < -0.39 is 0 Å². The van der Waals surface area contributed by atoms with Crippen LogP contribution in [-0.4, -0.2) is 4.98 Å². The standard InChI is InChI=1S/C9H8BrN3S/c10-7-3-1-6(2-4-7)8-5-14-9(12-8)13-11/h1-5H,11H2,(H,12,13). The van der Waals surface area contributed by atoms with E-state index >= 15 is 0 Å². The van der Waals surface area contributed by atoms with Crippen LogP contribution in [0.3, 0.4) is 0 Å². The lowest BCUT2D eigenvalue weighted by atomic mass is 10.2. The number of aromatic nitrogens is 1. The minimum Gasteiger partial charge on any atom is -0.300 e. The van der Waals surface area contributed by atoms with Gasteiger partial charge in [-0.1, -0.05) is 28.1 Å². The Morgan fingerprint density at radius 3 is 2.57 bits per heavy atom. The van der Waals surface area contributed by atoms with Crippen molar-refractivity contribution >= 4 is 32.4 Å². The fourth-order valence-corrected chi connectivity index (χ4v) is 1.99. The second kappa shape index (κ2) is 4.08. The first-order valence-corrected chi connectivity index (χ1v) is 5.65. The summed E-state index contributed by atoms with van der Waals surface area (Å²) in [5, 5.41) is 2.70. The van der Waals surface area contributed by atoms with Gasteiger partial charge in [0.25, 0.3) is 0 Å². The van der Waals surface area contributed by atoms with Crippen molar-refractivity contribution in [2.75, 3.05) is 5.43 Å². The predicted molar refractivity (Wildman–Crippen MR) is 63.1 cm³/mol. The Morgan fingerprint density at radius 1 is 1.29 bits per heavy atom. The molecule has 14 heavy (non-hydrogen) atoms. The minimum absolute atomic E-state index is 0.725. The molecule has 0 amide bonds. The molecule has 5 heteroatoms. The molecule has 1 heterocycles. The second-order valence-corrected chi connectivity index (χ2v) is 4.46. The Hall–Kier alpha value is -0.910. The third-order valence-electron chi connectivity index (χ3n) is 1.77. The lowest BCUT2D eigenvalue weighted by Crippen LogP contribution is -2.05. The summed E-state index contributed by atoms with van der Waals surface area (Å²) >= 11 is 4.88. The number of hydrazine groups is 1. The lowest BCUT2D eigenvalue weighted by molar-refractivity contribution is 1.29. The zero-order valence-corrected chi connectivity index (χ0v) is 9.60. The molecule has 0 fully saturated rings. The van der Waals surface area contributed by atoms with Gasteiger partial charge < -0.3 is 0 Å². The highest BCUT2D eigenvalue weighted by Crippen LogP contribution is 2.25. The highest BCUT2D eigenvalue weighted by Gasteiger charge is 2.02. The molecule has 0 spiro atoms. The van der Waals surface area contributed by atoms with Crippen LogP contribution in [0.2, 0.25) is 0 Å². The van der Waals surface area contributed by atoms with Gasteiger partial charge in [0.15, 0.2) is 5.13 Å². The molecule has 1 aromatic carbocycles. The van der Waals surface area contributed by atoms with Crippen LogP contribution in [-0.2, 0) is 0 Å². The number of hydrogen-bond donors (Lipinski definition) is 2. The van der Waals surface area contributed by atoms with Crippen LogP contribution in [0.4, 0.5) is 5.13 Å². The highest BCUT2D eigenvalue weighted by molar-refractivity contribution is 9.10. The number of benzene rings is 1. The molecule has 1 aromatic heterocycles. The van der Waals surface area contributed by atoms with Crippen LogP contribution in [0, 0.1) is 0 Å². The summed E-state index contributed by atoms with van der Waals surface area (Å²) in [5.41, 5.74) is 4.56. The van der Waals surface area contributed by atoms with Gasteiger partial charge in [-0.2, -0.15) is 0 Å². The largest absolute Gasteiger partial charge is 0.300 e. The van der Waals surface area contributed by atoms with Crippen molar-refractivity contribution in [1.29, 1.82) is 0 Å². The first-order chi connectivity index (χ1) is 6.79. The van der Waals surface area contributed by atoms with E-state index in [1.54, 1.807) is 0 Å². The quantitative estimate of drug-likeness (QED) is 0.651. The molecule has 3 nitrogen and oxygen atoms in total.